The summed E-state index contributed by atoms with van der Waals surface area (Å²) in [4.78, 5) is 0. The van der Waals surface area contributed by atoms with Crippen molar-refractivity contribution in [3.63, 3.8) is 0 Å². The van der Waals surface area contributed by atoms with Gasteiger partial charge >= 0.3 is 0 Å². The van der Waals surface area contributed by atoms with Gasteiger partial charge in [0, 0.05) is 6.04 Å². The van der Waals surface area contributed by atoms with Crippen molar-refractivity contribution in [3.05, 3.63) is 0 Å². The maximum absolute atomic E-state index is 5.54. The molecule has 2 heteroatoms. The minimum absolute atomic E-state index is 0.399. The van der Waals surface area contributed by atoms with E-state index in [1.165, 1.54) is 0 Å². The fraction of sp³-hybridized carbons (Fsp3) is 1.00. The van der Waals surface area contributed by atoms with Crippen LogP contribution in [0.1, 0.15) is 34.1 Å². The highest BCUT2D eigenvalue weighted by Gasteiger charge is 2.02. The molecular formula is C9H21NO. The van der Waals surface area contributed by atoms with Crippen LogP contribution in [0, 0.1) is 0 Å². The molecule has 0 bridgehead atoms. The molecule has 0 heterocycles. The molecule has 2 unspecified atom stereocenters. The van der Waals surface area contributed by atoms with Crippen LogP contribution in [0.2, 0.25) is 0 Å². The van der Waals surface area contributed by atoms with Gasteiger partial charge in [-0.15, -0.1) is 0 Å². The number of nitrogens with one attached hydrogen (secondary N) is 1. The average molecular weight is 159 g/mol. The first-order valence-corrected chi connectivity index (χ1v) is 4.55. The van der Waals surface area contributed by atoms with Crippen LogP contribution in [-0.2, 0) is 4.74 Å². The lowest BCUT2D eigenvalue weighted by Gasteiger charge is -2.16. The Balaban J connectivity index is 3.22. The van der Waals surface area contributed by atoms with E-state index in [0.717, 1.165) is 19.6 Å². The van der Waals surface area contributed by atoms with Gasteiger partial charge in [0.05, 0.1) is 12.7 Å². The molecule has 0 aromatic carbocycles. The van der Waals surface area contributed by atoms with Gasteiger partial charge in [-0.25, -0.2) is 0 Å². The molecule has 0 aliphatic carbocycles. The lowest BCUT2D eigenvalue weighted by Crippen LogP contribution is -2.31. The quantitative estimate of drug-likeness (QED) is 0.638. The molecule has 0 saturated carbocycles. The van der Waals surface area contributed by atoms with Gasteiger partial charge in [-0.1, -0.05) is 13.8 Å². The zero-order valence-corrected chi connectivity index (χ0v) is 8.18. The molecule has 0 aliphatic heterocycles. The van der Waals surface area contributed by atoms with E-state index in [2.05, 4.69) is 33.0 Å². The van der Waals surface area contributed by atoms with Gasteiger partial charge in [0.1, 0.15) is 0 Å². The van der Waals surface area contributed by atoms with Crippen LogP contribution < -0.4 is 5.32 Å². The SMILES string of the molecule is CCNC(C)COC(C)CC. The Labute approximate surface area is 70.3 Å². The summed E-state index contributed by atoms with van der Waals surface area (Å²) in [6.45, 7) is 10.3. The smallest absolute Gasteiger partial charge is 0.0620 e. The van der Waals surface area contributed by atoms with Crippen LogP contribution in [-0.4, -0.2) is 25.3 Å². The van der Waals surface area contributed by atoms with Gasteiger partial charge in [-0.2, -0.15) is 0 Å². The first kappa shape index (κ1) is 10.9. The maximum atomic E-state index is 5.54. The Morgan fingerprint density at radius 2 is 1.91 bits per heavy atom. The monoisotopic (exact) mass is 159 g/mol. The van der Waals surface area contributed by atoms with E-state index in [9.17, 15) is 0 Å². The van der Waals surface area contributed by atoms with Crippen LogP contribution in [0.3, 0.4) is 0 Å². The lowest BCUT2D eigenvalue weighted by atomic mass is 10.3. The zero-order valence-electron chi connectivity index (χ0n) is 8.18. The fourth-order valence-electron chi connectivity index (χ4n) is 0.834. The summed E-state index contributed by atoms with van der Waals surface area (Å²) in [6, 6.07) is 0.481. The second kappa shape index (κ2) is 6.62. The van der Waals surface area contributed by atoms with Crippen LogP contribution in [0.5, 0.6) is 0 Å². The molecule has 68 valence electrons. The van der Waals surface area contributed by atoms with Crippen LogP contribution in [0.4, 0.5) is 0 Å². The first-order chi connectivity index (χ1) is 5.20. The fourth-order valence-corrected chi connectivity index (χ4v) is 0.834. The van der Waals surface area contributed by atoms with Gasteiger partial charge in [0.25, 0.3) is 0 Å². The summed E-state index contributed by atoms with van der Waals surface area (Å²) in [5.41, 5.74) is 0. The Morgan fingerprint density at radius 1 is 1.27 bits per heavy atom. The van der Waals surface area contributed by atoms with E-state index in [1.807, 2.05) is 0 Å². The molecule has 0 fully saturated rings. The minimum Gasteiger partial charge on any atom is -0.377 e. The number of hydrogen-bond donors (Lipinski definition) is 1. The summed E-state index contributed by atoms with van der Waals surface area (Å²) < 4.78 is 5.54. The Kier molecular flexibility index (Phi) is 6.57. The van der Waals surface area contributed by atoms with E-state index < -0.39 is 0 Å². The predicted molar refractivity (Wildman–Crippen MR) is 48.8 cm³/mol. The number of ether oxygens (including phenoxy) is 1. The normalized spacial score (nSPS) is 16.4. The van der Waals surface area contributed by atoms with E-state index in [-0.39, 0.29) is 0 Å². The predicted octanol–water partition coefficient (Wildman–Crippen LogP) is 1.80. The van der Waals surface area contributed by atoms with E-state index in [4.69, 9.17) is 4.74 Å². The molecule has 0 aromatic rings. The first-order valence-electron chi connectivity index (χ1n) is 4.55. The van der Waals surface area contributed by atoms with Crippen molar-refractivity contribution in [2.24, 2.45) is 0 Å². The highest BCUT2D eigenvalue weighted by Crippen LogP contribution is 1.96. The third-order valence-electron chi connectivity index (χ3n) is 1.76. The topological polar surface area (TPSA) is 21.3 Å². The van der Waals surface area contributed by atoms with Gasteiger partial charge < -0.3 is 10.1 Å². The van der Waals surface area contributed by atoms with Gasteiger partial charge in [-0.3, -0.25) is 0 Å². The molecule has 11 heavy (non-hydrogen) atoms. The molecule has 0 aliphatic rings. The van der Waals surface area contributed by atoms with Crippen molar-refractivity contribution in [1.82, 2.24) is 5.32 Å². The molecule has 2 atom stereocenters. The molecular weight excluding hydrogens is 138 g/mol. The van der Waals surface area contributed by atoms with Crippen molar-refractivity contribution < 1.29 is 4.74 Å². The Hall–Kier alpha value is -0.0800. The van der Waals surface area contributed by atoms with Crippen LogP contribution in [0.25, 0.3) is 0 Å². The van der Waals surface area contributed by atoms with Gasteiger partial charge in [0.2, 0.25) is 0 Å². The number of rotatable bonds is 6. The number of hydrogen-bond acceptors (Lipinski definition) is 2. The highest BCUT2D eigenvalue weighted by molar-refractivity contribution is 4.57. The maximum Gasteiger partial charge on any atom is 0.0620 e. The minimum atomic E-state index is 0.399. The summed E-state index contributed by atoms with van der Waals surface area (Å²) in [5.74, 6) is 0. The zero-order chi connectivity index (χ0) is 8.69. The summed E-state index contributed by atoms with van der Waals surface area (Å²) in [7, 11) is 0. The van der Waals surface area contributed by atoms with Crippen molar-refractivity contribution in [2.45, 2.75) is 46.3 Å². The average Bonchev–Trinajstić information content (AvgIpc) is 2.01. The van der Waals surface area contributed by atoms with E-state index in [1.54, 1.807) is 0 Å². The molecule has 0 saturated heterocycles. The molecule has 1 N–H and O–H groups in total. The van der Waals surface area contributed by atoms with Gasteiger partial charge in [-0.05, 0) is 26.8 Å². The van der Waals surface area contributed by atoms with E-state index >= 15 is 0 Å². The van der Waals surface area contributed by atoms with Crippen LogP contribution in [0.15, 0.2) is 0 Å². The largest absolute Gasteiger partial charge is 0.377 e. The summed E-state index contributed by atoms with van der Waals surface area (Å²) in [5, 5.41) is 3.30. The van der Waals surface area contributed by atoms with Crippen molar-refractivity contribution in [2.75, 3.05) is 13.2 Å². The Morgan fingerprint density at radius 3 is 2.36 bits per heavy atom. The highest BCUT2D eigenvalue weighted by atomic mass is 16.5. The molecule has 0 radical (unpaired) electrons. The lowest BCUT2D eigenvalue weighted by molar-refractivity contribution is 0.0509. The molecule has 0 spiro atoms. The van der Waals surface area contributed by atoms with Gasteiger partial charge in [0.15, 0.2) is 0 Å². The van der Waals surface area contributed by atoms with Crippen LogP contribution >= 0.6 is 0 Å². The molecule has 0 aromatic heterocycles. The molecule has 2 nitrogen and oxygen atoms in total. The number of likely N-dealkylation sites (N-methyl/N-ethyl adjacent to an activating group) is 1. The van der Waals surface area contributed by atoms with Crippen molar-refractivity contribution in [3.8, 4) is 0 Å². The molecule has 0 amide bonds. The summed E-state index contributed by atoms with van der Waals surface area (Å²) >= 11 is 0. The van der Waals surface area contributed by atoms with Crippen molar-refractivity contribution >= 4 is 0 Å². The molecule has 0 rings (SSSR count). The second-order valence-corrected chi connectivity index (χ2v) is 3.01. The standard InChI is InChI=1S/C9H21NO/c1-5-9(4)11-7-8(3)10-6-2/h8-10H,5-7H2,1-4H3. The van der Waals surface area contributed by atoms with E-state index in [0.29, 0.717) is 12.1 Å². The van der Waals surface area contributed by atoms with Crippen molar-refractivity contribution in [1.29, 1.82) is 0 Å². The Bertz CT molecular complexity index is 85.6. The second-order valence-electron chi connectivity index (χ2n) is 3.01. The third-order valence-corrected chi connectivity index (χ3v) is 1.76. The summed E-state index contributed by atoms with van der Waals surface area (Å²) in [6.07, 6.45) is 1.50. The third kappa shape index (κ3) is 6.32.